The Labute approximate surface area is 198 Å². The molecule has 184 valence electrons. The molecule has 1 saturated heterocycles. The largest absolute Gasteiger partial charge is 0.504 e. The number of aromatic hydroxyl groups is 1. The summed E-state index contributed by atoms with van der Waals surface area (Å²) in [5.41, 5.74) is 2.27. The second-order valence-corrected chi connectivity index (χ2v) is 8.68. The lowest BCUT2D eigenvalue weighted by atomic mass is 10.1. The molecule has 1 aliphatic heterocycles. The number of anilines is 1. The first-order valence-corrected chi connectivity index (χ1v) is 11.3. The minimum absolute atomic E-state index is 0.0763. The summed E-state index contributed by atoms with van der Waals surface area (Å²) in [6.07, 6.45) is -3.42. The quantitative estimate of drug-likeness (QED) is 0.277. The molecule has 4 rings (SSSR count). The van der Waals surface area contributed by atoms with E-state index in [1.165, 1.54) is 0 Å². The van der Waals surface area contributed by atoms with Crippen LogP contribution in [0.4, 0.5) is 5.95 Å². The Kier molecular flexibility index (Phi) is 7.54. The SMILES string of the molecule is CN(C)CCCOc1cc(CNc2nc3ccccc3n2[C@@H]2O[C@H](CO)[C@@H](O)[C@H]2O)ccc1O. The van der Waals surface area contributed by atoms with Gasteiger partial charge in [-0.25, -0.2) is 4.98 Å². The smallest absolute Gasteiger partial charge is 0.206 e. The van der Waals surface area contributed by atoms with Crippen LogP contribution in [0.1, 0.15) is 18.2 Å². The predicted octanol–water partition coefficient (Wildman–Crippen LogP) is 1.30. The van der Waals surface area contributed by atoms with Crippen molar-refractivity contribution in [3.8, 4) is 11.5 Å². The molecule has 0 amide bonds. The highest BCUT2D eigenvalue weighted by atomic mass is 16.6. The highest BCUT2D eigenvalue weighted by Gasteiger charge is 2.44. The maximum absolute atomic E-state index is 10.6. The van der Waals surface area contributed by atoms with Crippen molar-refractivity contribution in [3.05, 3.63) is 48.0 Å². The number of fused-ring (bicyclic) bond motifs is 1. The number of hydrogen-bond donors (Lipinski definition) is 5. The first kappa shape index (κ1) is 24.2. The van der Waals surface area contributed by atoms with Crippen molar-refractivity contribution < 1.29 is 29.9 Å². The number of aliphatic hydroxyl groups is 3. The van der Waals surface area contributed by atoms with Gasteiger partial charge in [-0.1, -0.05) is 18.2 Å². The summed E-state index contributed by atoms with van der Waals surface area (Å²) >= 11 is 0. The van der Waals surface area contributed by atoms with Gasteiger partial charge in [0, 0.05) is 13.1 Å². The number of phenolic OH excluding ortho intramolecular Hbond substituents is 1. The van der Waals surface area contributed by atoms with Gasteiger partial charge in [-0.3, -0.25) is 4.57 Å². The molecule has 4 atom stereocenters. The van der Waals surface area contributed by atoms with Crippen molar-refractivity contribution >= 4 is 17.0 Å². The summed E-state index contributed by atoms with van der Waals surface area (Å²) in [5, 5.41) is 43.7. The van der Waals surface area contributed by atoms with Gasteiger partial charge >= 0.3 is 0 Å². The molecule has 0 bridgehead atoms. The van der Waals surface area contributed by atoms with Gasteiger partial charge in [-0.05, 0) is 50.3 Å². The van der Waals surface area contributed by atoms with E-state index >= 15 is 0 Å². The number of phenols is 1. The highest BCUT2D eigenvalue weighted by Crippen LogP contribution is 2.35. The Morgan fingerprint density at radius 3 is 2.68 bits per heavy atom. The van der Waals surface area contributed by atoms with Crippen molar-refractivity contribution in [2.45, 2.75) is 37.5 Å². The normalized spacial score (nSPS) is 22.5. The number of hydrogen-bond acceptors (Lipinski definition) is 9. The minimum Gasteiger partial charge on any atom is -0.504 e. The highest BCUT2D eigenvalue weighted by molar-refractivity contribution is 5.78. The van der Waals surface area contributed by atoms with Crippen LogP contribution in [-0.4, -0.2) is 87.0 Å². The second-order valence-electron chi connectivity index (χ2n) is 8.68. The fraction of sp³-hybridized carbons (Fsp3) is 0.458. The zero-order valence-corrected chi connectivity index (χ0v) is 19.3. The average Bonchev–Trinajstić information content (AvgIpc) is 3.33. The lowest BCUT2D eigenvalue weighted by Crippen LogP contribution is -2.33. The molecule has 0 spiro atoms. The van der Waals surface area contributed by atoms with E-state index in [2.05, 4.69) is 15.2 Å². The van der Waals surface area contributed by atoms with Crippen LogP contribution in [0.15, 0.2) is 42.5 Å². The molecule has 0 aliphatic carbocycles. The Morgan fingerprint density at radius 1 is 1.15 bits per heavy atom. The molecular formula is C24H32N4O6. The number of aliphatic hydroxyl groups excluding tert-OH is 3. The van der Waals surface area contributed by atoms with Gasteiger partial charge in [-0.2, -0.15) is 0 Å². The van der Waals surface area contributed by atoms with E-state index in [-0.39, 0.29) is 5.75 Å². The summed E-state index contributed by atoms with van der Waals surface area (Å²) < 4.78 is 13.2. The molecule has 0 radical (unpaired) electrons. The van der Waals surface area contributed by atoms with Crippen LogP contribution in [0.5, 0.6) is 11.5 Å². The molecule has 1 fully saturated rings. The van der Waals surface area contributed by atoms with Crippen LogP contribution in [0.3, 0.4) is 0 Å². The Bertz CT molecular complexity index is 1100. The third-order valence-corrected chi connectivity index (χ3v) is 5.85. The van der Waals surface area contributed by atoms with Gasteiger partial charge in [-0.15, -0.1) is 0 Å². The van der Waals surface area contributed by atoms with Crippen LogP contribution in [0.25, 0.3) is 11.0 Å². The zero-order valence-electron chi connectivity index (χ0n) is 19.3. The summed E-state index contributed by atoms with van der Waals surface area (Å²) in [4.78, 5) is 6.70. The van der Waals surface area contributed by atoms with Crippen molar-refractivity contribution in [1.82, 2.24) is 14.5 Å². The van der Waals surface area contributed by atoms with Crippen LogP contribution in [0, 0.1) is 0 Å². The van der Waals surface area contributed by atoms with Gasteiger partial charge in [0.15, 0.2) is 17.7 Å². The van der Waals surface area contributed by atoms with Gasteiger partial charge in [0.25, 0.3) is 0 Å². The van der Waals surface area contributed by atoms with E-state index in [9.17, 15) is 20.4 Å². The van der Waals surface area contributed by atoms with E-state index in [0.29, 0.717) is 30.4 Å². The van der Waals surface area contributed by atoms with Gasteiger partial charge in [0.2, 0.25) is 5.95 Å². The average molecular weight is 473 g/mol. The summed E-state index contributed by atoms with van der Waals surface area (Å²) in [6.45, 7) is 1.34. The number of imidazole rings is 1. The van der Waals surface area contributed by atoms with Crippen LogP contribution in [-0.2, 0) is 11.3 Å². The van der Waals surface area contributed by atoms with Crippen LogP contribution in [0.2, 0.25) is 0 Å². The number of aromatic nitrogens is 2. The third-order valence-electron chi connectivity index (χ3n) is 5.85. The molecule has 2 heterocycles. The Hall–Kier alpha value is -2.89. The van der Waals surface area contributed by atoms with Crippen molar-refractivity contribution in [2.24, 2.45) is 0 Å². The van der Waals surface area contributed by atoms with E-state index in [4.69, 9.17) is 9.47 Å². The lowest BCUT2D eigenvalue weighted by Gasteiger charge is -2.20. The molecule has 34 heavy (non-hydrogen) atoms. The number of nitrogens with one attached hydrogen (secondary N) is 1. The number of nitrogens with zero attached hydrogens (tertiary/aromatic N) is 3. The van der Waals surface area contributed by atoms with E-state index in [1.807, 2.05) is 38.4 Å². The van der Waals surface area contributed by atoms with Gasteiger partial charge < -0.3 is 40.1 Å². The summed E-state index contributed by atoms with van der Waals surface area (Å²) in [5.74, 6) is 0.930. The molecule has 0 saturated carbocycles. The second kappa shape index (κ2) is 10.6. The number of benzene rings is 2. The molecule has 0 unspecified atom stereocenters. The number of ether oxygens (including phenoxy) is 2. The predicted molar refractivity (Wildman–Crippen MR) is 127 cm³/mol. The van der Waals surface area contributed by atoms with Crippen LogP contribution >= 0.6 is 0 Å². The molecule has 10 nitrogen and oxygen atoms in total. The molecule has 1 aliphatic rings. The van der Waals surface area contributed by atoms with Crippen molar-refractivity contribution in [1.29, 1.82) is 0 Å². The van der Waals surface area contributed by atoms with Crippen LogP contribution < -0.4 is 10.1 Å². The van der Waals surface area contributed by atoms with Crippen molar-refractivity contribution in [2.75, 3.05) is 39.2 Å². The maximum atomic E-state index is 10.6. The third kappa shape index (κ3) is 5.11. The molecule has 5 N–H and O–H groups in total. The standard InChI is InChI=1S/C24H32N4O6/c1-27(2)10-5-11-33-19-12-15(8-9-18(19)30)13-25-24-26-16-6-3-4-7-17(16)28(24)23-22(32)21(31)20(14-29)34-23/h3-4,6-9,12,20-23,29-32H,5,10-11,13-14H2,1-2H3,(H,25,26)/t20-,21-,22-,23-/m1/s1. The van der Waals surface area contributed by atoms with E-state index in [1.54, 1.807) is 22.8 Å². The molecule has 3 aromatic rings. The van der Waals surface area contributed by atoms with Gasteiger partial charge in [0.05, 0.1) is 24.2 Å². The summed E-state index contributed by atoms with van der Waals surface area (Å²) in [6, 6.07) is 12.6. The van der Waals surface area contributed by atoms with Crippen molar-refractivity contribution in [3.63, 3.8) is 0 Å². The first-order chi connectivity index (χ1) is 16.4. The minimum atomic E-state index is -1.23. The molecule has 1 aromatic heterocycles. The fourth-order valence-corrected chi connectivity index (χ4v) is 4.05. The van der Waals surface area contributed by atoms with E-state index in [0.717, 1.165) is 24.0 Å². The monoisotopic (exact) mass is 472 g/mol. The fourth-order valence-electron chi connectivity index (χ4n) is 4.05. The number of rotatable bonds is 10. The molecule has 2 aromatic carbocycles. The zero-order chi connectivity index (χ0) is 24.2. The molecular weight excluding hydrogens is 440 g/mol. The topological polar surface area (TPSA) is 132 Å². The Balaban J connectivity index is 1.53. The first-order valence-electron chi connectivity index (χ1n) is 11.3. The van der Waals surface area contributed by atoms with Gasteiger partial charge in [0.1, 0.15) is 18.3 Å². The maximum Gasteiger partial charge on any atom is 0.206 e. The lowest BCUT2D eigenvalue weighted by molar-refractivity contribution is -0.0499. The molecule has 10 heteroatoms. The Morgan fingerprint density at radius 2 is 1.94 bits per heavy atom. The number of para-hydroxylation sites is 2. The summed E-state index contributed by atoms with van der Waals surface area (Å²) in [7, 11) is 3.99. The van der Waals surface area contributed by atoms with E-state index < -0.39 is 31.1 Å².